The number of methoxy groups -OCH3 is 1. The Bertz CT molecular complexity index is 957. The molecule has 0 saturated carbocycles. The standard InChI is InChI=1S/C17H12N4O/c1-21-15-4-3-11(8-18)7-12(15)13(9-19)17(21)14-10-20-6-5-16(14)22-2/h3-7,10H,1-2H3. The molecular formula is C17H12N4O. The Hall–Kier alpha value is -3.31. The van der Waals surface area contributed by atoms with Gasteiger partial charge in [0.1, 0.15) is 11.8 Å². The van der Waals surface area contributed by atoms with Crippen molar-refractivity contribution < 1.29 is 4.74 Å². The molecule has 5 heteroatoms. The van der Waals surface area contributed by atoms with E-state index in [-0.39, 0.29) is 0 Å². The average molecular weight is 288 g/mol. The summed E-state index contributed by atoms with van der Waals surface area (Å²) >= 11 is 0. The van der Waals surface area contributed by atoms with E-state index in [9.17, 15) is 5.26 Å². The summed E-state index contributed by atoms with van der Waals surface area (Å²) < 4.78 is 7.31. The Balaban J connectivity index is 2.43. The molecule has 0 unspecified atom stereocenters. The van der Waals surface area contributed by atoms with Gasteiger partial charge in [0, 0.05) is 30.3 Å². The normalized spacial score (nSPS) is 10.2. The van der Waals surface area contributed by atoms with E-state index in [0.29, 0.717) is 16.9 Å². The van der Waals surface area contributed by atoms with Crippen molar-refractivity contribution in [1.82, 2.24) is 9.55 Å². The minimum atomic E-state index is 0.515. The molecule has 0 bridgehead atoms. The van der Waals surface area contributed by atoms with Gasteiger partial charge < -0.3 is 9.30 Å². The molecule has 3 rings (SSSR count). The summed E-state index contributed by atoms with van der Waals surface area (Å²) in [5.41, 5.74) is 3.41. The minimum Gasteiger partial charge on any atom is -0.496 e. The quantitative estimate of drug-likeness (QED) is 0.726. The fourth-order valence-corrected chi connectivity index (χ4v) is 2.68. The lowest BCUT2D eigenvalue weighted by molar-refractivity contribution is 0.415. The zero-order valence-electron chi connectivity index (χ0n) is 12.2. The Morgan fingerprint density at radius 2 is 2.00 bits per heavy atom. The third kappa shape index (κ3) is 1.88. The van der Waals surface area contributed by atoms with Gasteiger partial charge in [-0.15, -0.1) is 0 Å². The maximum atomic E-state index is 9.61. The highest BCUT2D eigenvalue weighted by molar-refractivity contribution is 5.95. The number of benzene rings is 1. The van der Waals surface area contributed by atoms with Crippen molar-refractivity contribution in [3.63, 3.8) is 0 Å². The number of hydrogen-bond acceptors (Lipinski definition) is 4. The van der Waals surface area contributed by atoms with Gasteiger partial charge in [-0.1, -0.05) is 0 Å². The van der Waals surface area contributed by atoms with E-state index in [0.717, 1.165) is 22.2 Å². The van der Waals surface area contributed by atoms with Crippen molar-refractivity contribution in [2.75, 3.05) is 7.11 Å². The summed E-state index contributed by atoms with van der Waals surface area (Å²) in [4.78, 5) is 4.14. The Kier molecular flexibility index (Phi) is 3.25. The van der Waals surface area contributed by atoms with Gasteiger partial charge in [-0.2, -0.15) is 10.5 Å². The molecule has 5 nitrogen and oxygen atoms in total. The van der Waals surface area contributed by atoms with Crippen molar-refractivity contribution in [1.29, 1.82) is 10.5 Å². The Labute approximate surface area is 127 Å². The number of aryl methyl sites for hydroxylation is 1. The van der Waals surface area contributed by atoms with Crippen LogP contribution in [0.2, 0.25) is 0 Å². The van der Waals surface area contributed by atoms with Crippen LogP contribution in [0.3, 0.4) is 0 Å². The van der Waals surface area contributed by atoms with E-state index in [1.807, 2.05) is 17.7 Å². The molecule has 0 saturated heterocycles. The number of aromatic nitrogens is 2. The van der Waals surface area contributed by atoms with Crippen LogP contribution in [0.15, 0.2) is 36.7 Å². The first-order chi connectivity index (χ1) is 10.7. The van der Waals surface area contributed by atoms with Crippen LogP contribution < -0.4 is 4.74 Å². The van der Waals surface area contributed by atoms with Crippen LogP contribution in [-0.2, 0) is 7.05 Å². The highest BCUT2D eigenvalue weighted by Gasteiger charge is 2.19. The molecule has 0 fully saturated rings. The molecule has 2 heterocycles. The van der Waals surface area contributed by atoms with Gasteiger partial charge in [-0.3, -0.25) is 4.98 Å². The van der Waals surface area contributed by atoms with Crippen molar-refractivity contribution >= 4 is 10.9 Å². The zero-order valence-corrected chi connectivity index (χ0v) is 12.2. The molecule has 0 amide bonds. The molecule has 3 aromatic rings. The lowest BCUT2D eigenvalue weighted by atomic mass is 10.1. The van der Waals surface area contributed by atoms with Gasteiger partial charge in [-0.05, 0) is 24.3 Å². The van der Waals surface area contributed by atoms with Crippen LogP contribution in [0.1, 0.15) is 11.1 Å². The summed E-state index contributed by atoms with van der Waals surface area (Å²) in [6.07, 6.45) is 3.32. The van der Waals surface area contributed by atoms with Crippen LogP contribution >= 0.6 is 0 Å². The highest BCUT2D eigenvalue weighted by atomic mass is 16.5. The number of hydrogen-bond donors (Lipinski definition) is 0. The number of fused-ring (bicyclic) bond motifs is 1. The molecule has 0 N–H and O–H groups in total. The van der Waals surface area contributed by atoms with E-state index < -0.39 is 0 Å². The smallest absolute Gasteiger partial charge is 0.131 e. The molecule has 0 spiro atoms. The monoisotopic (exact) mass is 288 g/mol. The largest absolute Gasteiger partial charge is 0.496 e. The van der Waals surface area contributed by atoms with Gasteiger partial charge in [0.2, 0.25) is 0 Å². The second kappa shape index (κ2) is 5.23. The van der Waals surface area contributed by atoms with Crippen LogP contribution in [0, 0.1) is 22.7 Å². The zero-order chi connectivity index (χ0) is 15.7. The summed E-state index contributed by atoms with van der Waals surface area (Å²) in [6, 6.07) is 11.4. The molecule has 106 valence electrons. The Morgan fingerprint density at radius 1 is 1.18 bits per heavy atom. The predicted molar refractivity (Wildman–Crippen MR) is 82.1 cm³/mol. The number of ether oxygens (including phenoxy) is 1. The summed E-state index contributed by atoms with van der Waals surface area (Å²) in [5.74, 6) is 0.651. The second-order valence-corrected chi connectivity index (χ2v) is 4.81. The van der Waals surface area contributed by atoms with Crippen LogP contribution in [0.4, 0.5) is 0 Å². The van der Waals surface area contributed by atoms with Crippen LogP contribution in [0.25, 0.3) is 22.2 Å². The lowest BCUT2D eigenvalue weighted by Crippen LogP contribution is -1.96. The van der Waals surface area contributed by atoms with E-state index in [2.05, 4.69) is 17.1 Å². The maximum Gasteiger partial charge on any atom is 0.131 e. The predicted octanol–water partition coefficient (Wildman–Crippen LogP) is 2.99. The summed E-state index contributed by atoms with van der Waals surface area (Å²) in [5, 5.41) is 19.4. The van der Waals surface area contributed by atoms with E-state index >= 15 is 0 Å². The van der Waals surface area contributed by atoms with Crippen molar-refractivity contribution in [3.8, 4) is 29.1 Å². The fourth-order valence-electron chi connectivity index (χ4n) is 2.68. The van der Waals surface area contributed by atoms with E-state index in [1.54, 1.807) is 37.7 Å². The first-order valence-corrected chi connectivity index (χ1v) is 6.62. The number of pyridine rings is 1. The number of nitriles is 2. The third-order valence-corrected chi connectivity index (χ3v) is 3.70. The molecule has 2 aromatic heterocycles. The third-order valence-electron chi connectivity index (χ3n) is 3.70. The molecule has 0 aliphatic heterocycles. The van der Waals surface area contributed by atoms with Gasteiger partial charge in [0.15, 0.2) is 0 Å². The van der Waals surface area contributed by atoms with Gasteiger partial charge in [0.05, 0.1) is 35.6 Å². The first kappa shape index (κ1) is 13.7. The first-order valence-electron chi connectivity index (χ1n) is 6.62. The topological polar surface area (TPSA) is 74.6 Å². The van der Waals surface area contributed by atoms with Gasteiger partial charge in [-0.25, -0.2) is 0 Å². The highest BCUT2D eigenvalue weighted by Crippen LogP contribution is 2.37. The second-order valence-electron chi connectivity index (χ2n) is 4.81. The summed E-state index contributed by atoms with van der Waals surface area (Å²) in [6.45, 7) is 0. The number of nitrogens with zero attached hydrogens (tertiary/aromatic N) is 4. The number of rotatable bonds is 2. The van der Waals surface area contributed by atoms with E-state index in [1.165, 1.54) is 0 Å². The fraction of sp³-hybridized carbons (Fsp3) is 0.118. The van der Waals surface area contributed by atoms with Crippen molar-refractivity contribution in [2.24, 2.45) is 7.05 Å². The summed E-state index contributed by atoms with van der Waals surface area (Å²) in [7, 11) is 3.47. The molecule has 0 aliphatic carbocycles. The maximum absolute atomic E-state index is 9.61. The Morgan fingerprint density at radius 3 is 2.68 bits per heavy atom. The van der Waals surface area contributed by atoms with E-state index in [4.69, 9.17) is 10.00 Å². The molecule has 1 aromatic carbocycles. The molecular weight excluding hydrogens is 276 g/mol. The SMILES string of the molecule is COc1ccncc1-c1c(C#N)c2cc(C#N)ccc2n1C. The van der Waals surface area contributed by atoms with Crippen molar-refractivity contribution in [3.05, 3.63) is 47.8 Å². The lowest BCUT2D eigenvalue weighted by Gasteiger charge is -2.09. The van der Waals surface area contributed by atoms with Gasteiger partial charge >= 0.3 is 0 Å². The van der Waals surface area contributed by atoms with Crippen LogP contribution in [0.5, 0.6) is 5.75 Å². The van der Waals surface area contributed by atoms with Gasteiger partial charge in [0.25, 0.3) is 0 Å². The minimum absolute atomic E-state index is 0.515. The molecule has 0 aliphatic rings. The van der Waals surface area contributed by atoms with Crippen LogP contribution in [-0.4, -0.2) is 16.7 Å². The molecule has 0 radical (unpaired) electrons. The average Bonchev–Trinajstić information content (AvgIpc) is 2.86. The molecule has 22 heavy (non-hydrogen) atoms. The molecule has 0 atom stereocenters. The van der Waals surface area contributed by atoms with Crippen molar-refractivity contribution in [2.45, 2.75) is 0 Å².